The number of hydrogen-bond donors (Lipinski definition) is 0. The average Bonchev–Trinajstić information content (AvgIpc) is 2.48. The highest BCUT2D eigenvalue weighted by Crippen LogP contribution is 2.21. The lowest BCUT2D eigenvalue weighted by molar-refractivity contribution is -0.125. The van der Waals surface area contributed by atoms with Crippen LogP contribution in [0, 0.1) is 5.82 Å². The fraction of sp³-hybridized carbons (Fsp3) is 0.300. The van der Waals surface area contributed by atoms with Gasteiger partial charge in [0, 0.05) is 7.05 Å². The highest BCUT2D eigenvalue weighted by Gasteiger charge is 2.25. The van der Waals surface area contributed by atoms with Crippen LogP contribution in [0.2, 0.25) is 0 Å². The molecule has 0 spiro atoms. The maximum atomic E-state index is 13.3. The first-order valence-corrected chi connectivity index (χ1v) is 4.42. The summed E-state index contributed by atoms with van der Waals surface area (Å²) < 4.78 is 13.3. The van der Waals surface area contributed by atoms with Crippen molar-refractivity contribution in [3.8, 4) is 0 Å². The van der Waals surface area contributed by atoms with E-state index in [-0.39, 0.29) is 18.3 Å². The molecule has 0 N–H and O–H groups in total. The van der Waals surface area contributed by atoms with Gasteiger partial charge in [0.25, 0.3) is 0 Å². The summed E-state index contributed by atoms with van der Waals surface area (Å²) in [6, 6.07) is 6.49. The molecule has 3 nitrogen and oxygen atoms in total. The van der Waals surface area contributed by atoms with Gasteiger partial charge in [-0.1, -0.05) is 12.1 Å². The van der Waals surface area contributed by atoms with Gasteiger partial charge >= 0.3 is 0 Å². The molecule has 1 aliphatic heterocycles. The Morgan fingerprint density at radius 2 is 2.07 bits per heavy atom. The van der Waals surface area contributed by atoms with Gasteiger partial charge in [-0.15, -0.1) is 0 Å². The van der Waals surface area contributed by atoms with E-state index in [1.165, 1.54) is 6.07 Å². The number of carbonyl (C=O) groups is 1. The van der Waals surface area contributed by atoms with Gasteiger partial charge in [-0.05, 0) is 12.1 Å². The third-order valence-corrected chi connectivity index (χ3v) is 2.33. The van der Waals surface area contributed by atoms with Crippen molar-refractivity contribution in [3.63, 3.8) is 0 Å². The standard InChI is InChI=1S/C10H11FN2O/c1-12-7-13(6-10(12)14)9-5-3-2-4-8(9)11/h2-5H,6-7H2,1H3. The summed E-state index contributed by atoms with van der Waals surface area (Å²) in [6.45, 7) is 0.719. The number of likely N-dealkylation sites (N-methyl/N-ethyl adjacent to an activating group) is 1. The van der Waals surface area contributed by atoms with E-state index in [9.17, 15) is 9.18 Å². The first-order valence-electron chi connectivity index (χ1n) is 4.42. The molecule has 1 saturated heterocycles. The SMILES string of the molecule is CN1CN(c2ccccc2F)CC1=O. The number of benzene rings is 1. The second-order valence-corrected chi connectivity index (χ2v) is 3.38. The molecular formula is C10H11FN2O. The third kappa shape index (κ3) is 1.43. The Labute approximate surface area is 81.7 Å². The maximum Gasteiger partial charge on any atom is 0.243 e. The van der Waals surface area contributed by atoms with Crippen LogP contribution in [0.5, 0.6) is 0 Å². The van der Waals surface area contributed by atoms with E-state index in [0.29, 0.717) is 12.4 Å². The summed E-state index contributed by atoms with van der Waals surface area (Å²) in [4.78, 5) is 14.5. The van der Waals surface area contributed by atoms with E-state index in [4.69, 9.17) is 0 Å². The van der Waals surface area contributed by atoms with E-state index in [1.54, 1.807) is 35.0 Å². The normalized spacial score (nSPS) is 16.6. The molecule has 2 rings (SSSR count). The van der Waals surface area contributed by atoms with Gasteiger partial charge in [0.2, 0.25) is 5.91 Å². The Morgan fingerprint density at radius 3 is 2.64 bits per heavy atom. The molecule has 1 aliphatic rings. The number of hydrogen-bond acceptors (Lipinski definition) is 2. The minimum Gasteiger partial charge on any atom is -0.342 e. The smallest absolute Gasteiger partial charge is 0.243 e. The van der Waals surface area contributed by atoms with Crippen LogP contribution < -0.4 is 4.90 Å². The summed E-state index contributed by atoms with van der Waals surface area (Å²) >= 11 is 0. The number of amides is 1. The van der Waals surface area contributed by atoms with Crippen LogP contribution in [0.25, 0.3) is 0 Å². The molecule has 14 heavy (non-hydrogen) atoms. The highest BCUT2D eigenvalue weighted by molar-refractivity contribution is 5.84. The number of rotatable bonds is 1. The Balaban J connectivity index is 2.25. The Hall–Kier alpha value is -1.58. The topological polar surface area (TPSA) is 23.6 Å². The monoisotopic (exact) mass is 194 g/mol. The van der Waals surface area contributed by atoms with Gasteiger partial charge in [0.05, 0.1) is 18.9 Å². The van der Waals surface area contributed by atoms with Crippen LogP contribution >= 0.6 is 0 Å². The minimum atomic E-state index is -0.282. The zero-order chi connectivity index (χ0) is 10.1. The van der Waals surface area contributed by atoms with Crippen molar-refractivity contribution in [2.75, 3.05) is 25.2 Å². The molecule has 1 fully saturated rings. The molecule has 0 atom stereocenters. The molecule has 0 bridgehead atoms. The van der Waals surface area contributed by atoms with Crippen molar-refractivity contribution in [2.24, 2.45) is 0 Å². The summed E-state index contributed by atoms with van der Waals surface area (Å²) in [7, 11) is 1.71. The van der Waals surface area contributed by atoms with Gasteiger partial charge in [-0.25, -0.2) is 4.39 Å². The lowest BCUT2D eigenvalue weighted by atomic mass is 10.3. The highest BCUT2D eigenvalue weighted by atomic mass is 19.1. The summed E-state index contributed by atoms with van der Waals surface area (Å²) in [5.41, 5.74) is 0.491. The molecule has 1 amide bonds. The van der Waals surface area contributed by atoms with Crippen LogP contribution in [0.1, 0.15) is 0 Å². The van der Waals surface area contributed by atoms with Crippen LogP contribution in [0.4, 0.5) is 10.1 Å². The number of nitrogens with zero attached hydrogens (tertiary/aromatic N) is 2. The molecule has 1 aromatic rings. The lowest BCUT2D eigenvalue weighted by Crippen LogP contribution is -2.23. The lowest BCUT2D eigenvalue weighted by Gasteiger charge is -2.17. The molecule has 0 saturated carbocycles. The number of para-hydroxylation sites is 1. The first-order chi connectivity index (χ1) is 6.68. The minimum absolute atomic E-state index is 0.0215. The average molecular weight is 194 g/mol. The molecule has 0 aromatic heterocycles. The predicted molar refractivity (Wildman–Crippen MR) is 51.4 cm³/mol. The van der Waals surface area contributed by atoms with Gasteiger partial charge in [-0.3, -0.25) is 4.79 Å². The Morgan fingerprint density at radius 1 is 1.36 bits per heavy atom. The fourth-order valence-electron chi connectivity index (χ4n) is 1.54. The van der Waals surface area contributed by atoms with E-state index >= 15 is 0 Å². The molecular weight excluding hydrogens is 183 g/mol. The van der Waals surface area contributed by atoms with Crippen LogP contribution in [-0.2, 0) is 4.79 Å². The zero-order valence-corrected chi connectivity index (χ0v) is 7.90. The molecule has 1 aromatic carbocycles. The molecule has 74 valence electrons. The van der Waals surface area contributed by atoms with Gasteiger partial charge in [-0.2, -0.15) is 0 Å². The molecule has 4 heteroatoms. The van der Waals surface area contributed by atoms with E-state index in [2.05, 4.69) is 0 Å². The van der Waals surface area contributed by atoms with Gasteiger partial charge in [0.15, 0.2) is 0 Å². The van der Waals surface area contributed by atoms with E-state index < -0.39 is 0 Å². The van der Waals surface area contributed by atoms with Crippen molar-refractivity contribution >= 4 is 11.6 Å². The van der Waals surface area contributed by atoms with Crippen molar-refractivity contribution in [1.29, 1.82) is 0 Å². The summed E-state index contributed by atoms with van der Waals surface area (Å²) in [6.07, 6.45) is 0. The predicted octanol–water partition coefficient (Wildman–Crippen LogP) is 1.06. The van der Waals surface area contributed by atoms with Crippen LogP contribution in [-0.4, -0.2) is 31.1 Å². The maximum absolute atomic E-state index is 13.3. The number of carbonyl (C=O) groups excluding carboxylic acids is 1. The largest absolute Gasteiger partial charge is 0.342 e. The van der Waals surface area contributed by atoms with Crippen molar-refractivity contribution < 1.29 is 9.18 Å². The second kappa shape index (κ2) is 3.29. The molecule has 0 aliphatic carbocycles. The second-order valence-electron chi connectivity index (χ2n) is 3.38. The third-order valence-electron chi connectivity index (χ3n) is 2.33. The van der Waals surface area contributed by atoms with Gasteiger partial charge in [0.1, 0.15) is 5.82 Å². The van der Waals surface area contributed by atoms with Crippen molar-refractivity contribution in [2.45, 2.75) is 0 Å². The Bertz CT molecular complexity index is 367. The molecule has 0 radical (unpaired) electrons. The quantitative estimate of drug-likeness (QED) is 0.667. The zero-order valence-electron chi connectivity index (χ0n) is 7.90. The molecule has 1 heterocycles. The van der Waals surface area contributed by atoms with E-state index in [1.807, 2.05) is 0 Å². The van der Waals surface area contributed by atoms with Crippen molar-refractivity contribution in [3.05, 3.63) is 30.1 Å². The van der Waals surface area contributed by atoms with Crippen LogP contribution in [0.15, 0.2) is 24.3 Å². The first kappa shape index (κ1) is 8.99. The van der Waals surface area contributed by atoms with Crippen molar-refractivity contribution in [1.82, 2.24) is 4.90 Å². The van der Waals surface area contributed by atoms with E-state index in [0.717, 1.165) is 0 Å². The Kier molecular flexibility index (Phi) is 2.11. The number of anilines is 1. The summed E-state index contributed by atoms with van der Waals surface area (Å²) in [5, 5.41) is 0. The number of halogens is 1. The van der Waals surface area contributed by atoms with Gasteiger partial charge < -0.3 is 9.80 Å². The van der Waals surface area contributed by atoms with Crippen LogP contribution in [0.3, 0.4) is 0 Å². The summed E-state index contributed by atoms with van der Waals surface area (Å²) in [5.74, 6) is -0.260. The molecule has 0 unspecified atom stereocenters. The fourth-order valence-corrected chi connectivity index (χ4v) is 1.54.